The van der Waals surface area contributed by atoms with Crippen LogP contribution in [0.5, 0.6) is 0 Å². The zero-order chi connectivity index (χ0) is 11.1. The lowest BCUT2D eigenvalue weighted by Gasteiger charge is -2.05. The molecule has 0 aliphatic carbocycles. The molecule has 2 aromatic carbocycles. The van der Waals surface area contributed by atoms with Gasteiger partial charge in [-0.3, -0.25) is 0 Å². The molecule has 0 heterocycles. The number of hydrogen-bond donors (Lipinski definition) is 1. The topological polar surface area (TPSA) is 84.0 Å². The van der Waals surface area contributed by atoms with E-state index in [4.69, 9.17) is 10.9 Å². The fraction of sp³-hybridized carbons (Fsp3) is 0. The first-order valence-corrected chi connectivity index (χ1v) is 5.81. The van der Waals surface area contributed by atoms with E-state index in [0.29, 0.717) is 10.8 Å². The fourth-order valence-electron chi connectivity index (χ4n) is 1.52. The SMILES string of the molecule is [NH]c1ccc(S(N)(=O)=O)c2ccccc12. The Kier molecular flexibility index (Phi) is 2.13. The molecule has 5 heteroatoms. The molecule has 15 heavy (non-hydrogen) atoms. The molecule has 0 aliphatic heterocycles. The van der Waals surface area contributed by atoms with E-state index in [-0.39, 0.29) is 10.6 Å². The first-order chi connectivity index (χ1) is 7.00. The summed E-state index contributed by atoms with van der Waals surface area (Å²) in [6, 6.07) is 9.62. The van der Waals surface area contributed by atoms with Gasteiger partial charge >= 0.3 is 0 Å². The van der Waals surface area contributed by atoms with Crippen LogP contribution in [-0.2, 0) is 10.0 Å². The number of sulfonamides is 1. The third-order valence-corrected chi connectivity index (χ3v) is 3.16. The number of benzene rings is 2. The number of fused-ring (bicyclic) bond motifs is 1. The summed E-state index contributed by atoms with van der Waals surface area (Å²) in [7, 11) is -3.73. The summed E-state index contributed by atoms with van der Waals surface area (Å²) in [5, 5.41) is 6.16. The van der Waals surface area contributed by atoms with Crippen molar-refractivity contribution in [2.24, 2.45) is 5.14 Å². The molecule has 0 saturated carbocycles. The number of rotatable bonds is 1. The van der Waals surface area contributed by atoms with Gasteiger partial charge in [0.15, 0.2) is 0 Å². The largest absolute Gasteiger partial charge is 0.300 e. The molecule has 0 atom stereocenters. The van der Waals surface area contributed by atoms with E-state index < -0.39 is 10.0 Å². The van der Waals surface area contributed by atoms with Crippen LogP contribution in [0.25, 0.3) is 10.8 Å². The molecule has 0 aromatic heterocycles. The molecule has 0 unspecified atom stereocenters. The lowest BCUT2D eigenvalue weighted by atomic mass is 10.1. The van der Waals surface area contributed by atoms with Crippen LogP contribution in [0.4, 0.5) is 5.69 Å². The van der Waals surface area contributed by atoms with Gasteiger partial charge in [-0.25, -0.2) is 13.6 Å². The summed E-state index contributed by atoms with van der Waals surface area (Å²) in [5.41, 5.74) is 7.92. The summed E-state index contributed by atoms with van der Waals surface area (Å²) >= 11 is 0. The standard InChI is InChI=1S/C10H9N2O2S/c11-9-5-6-10(15(12,13)14)8-4-2-1-3-7(8)9/h1-6,11H,(H2,12,13,14). The Balaban J connectivity index is 2.96. The minimum Gasteiger partial charge on any atom is -0.300 e. The number of nitrogens with one attached hydrogen (secondary N) is 1. The average molecular weight is 221 g/mol. The second-order valence-electron chi connectivity index (χ2n) is 3.20. The molecule has 3 N–H and O–H groups in total. The smallest absolute Gasteiger partial charge is 0.238 e. The second-order valence-corrected chi connectivity index (χ2v) is 4.73. The van der Waals surface area contributed by atoms with E-state index >= 15 is 0 Å². The maximum atomic E-state index is 11.3. The van der Waals surface area contributed by atoms with E-state index in [1.807, 2.05) is 0 Å². The van der Waals surface area contributed by atoms with Crippen LogP contribution in [0.2, 0.25) is 0 Å². The minimum absolute atomic E-state index is 0.0640. The maximum Gasteiger partial charge on any atom is 0.238 e. The van der Waals surface area contributed by atoms with Crippen molar-refractivity contribution in [2.75, 3.05) is 0 Å². The highest BCUT2D eigenvalue weighted by molar-refractivity contribution is 7.89. The molecule has 2 aromatic rings. The lowest BCUT2D eigenvalue weighted by Crippen LogP contribution is -2.12. The molecule has 0 aliphatic rings. The average Bonchev–Trinajstić information content (AvgIpc) is 2.17. The summed E-state index contributed by atoms with van der Waals surface area (Å²) in [4.78, 5) is 0.0640. The highest BCUT2D eigenvalue weighted by Crippen LogP contribution is 2.27. The normalized spacial score (nSPS) is 11.8. The van der Waals surface area contributed by atoms with Crippen molar-refractivity contribution < 1.29 is 8.42 Å². The molecule has 4 nitrogen and oxygen atoms in total. The van der Waals surface area contributed by atoms with E-state index in [0.717, 1.165) is 0 Å². The summed E-state index contributed by atoms with van der Waals surface area (Å²) in [6.07, 6.45) is 0. The number of hydrogen-bond acceptors (Lipinski definition) is 2. The van der Waals surface area contributed by atoms with E-state index in [1.165, 1.54) is 12.1 Å². The van der Waals surface area contributed by atoms with Crippen molar-refractivity contribution in [3.8, 4) is 0 Å². The predicted molar refractivity (Wildman–Crippen MR) is 58.1 cm³/mol. The molecular weight excluding hydrogens is 212 g/mol. The zero-order valence-electron chi connectivity index (χ0n) is 7.77. The third-order valence-electron chi connectivity index (χ3n) is 2.19. The maximum absolute atomic E-state index is 11.3. The first kappa shape index (κ1) is 9.95. The number of nitrogens with two attached hydrogens (primary N) is 1. The van der Waals surface area contributed by atoms with Gasteiger partial charge in [0.25, 0.3) is 0 Å². The molecule has 0 saturated heterocycles. The molecule has 0 bridgehead atoms. The Labute approximate surface area is 87.6 Å². The highest BCUT2D eigenvalue weighted by Gasteiger charge is 2.12. The van der Waals surface area contributed by atoms with Gasteiger partial charge in [0, 0.05) is 10.8 Å². The Morgan fingerprint density at radius 1 is 1.00 bits per heavy atom. The van der Waals surface area contributed by atoms with Gasteiger partial charge in [-0.05, 0) is 12.1 Å². The van der Waals surface area contributed by atoms with Crippen molar-refractivity contribution in [3.63, 3.8) is 0 Å². The van der Waals surface area contributed by atoms with Crippen LogP contribution in [0.3, 0.4) is 0 Å². The monoisotopic (exact) mass is 221 g/mol. The molecule has 77 valence electrons. The molecule has 2 rings (SSSR count). The molecule has 0 spiro atoms. The highest BCUT2D eigenvalue weighted by atomic mass is 32.2. The van der Waals surface area contributed by atoms with Crippen LogP contribution in [-0.4, -0.2) is 8.42 Å². The van der Waals surface area contributed by atoms with E-state index in [2.05, 4.69) is 0 Å². The molecule has 0 amide bonds. The van der Waals surface area contributed by atoms with E-state index in [1.54, 1.807) is 24.3 Å². The summed E-state index contributed by atoms with van der Waals surface area (Å²) in [5.74, 6) is 0. The third kappa shape index (κ3) is 1.67. The fourth-order valence-corrected chi connectivity index (χ4v) is 2.26. The Morgan fingerprint density at radius 2 is 1.60 bits per heavy atom. The molecule has 1 radical (unpaired) electrons. The second kappa shape index (κ2) is 3.22. The van der Waals surface area contributed by atoms with Crippen molar-refractivity contribution in [1.82, 2.24) is 5.73 Å². The summed E-state index contributed by atoms with van der Waals surface area (Å²) in [6.45, 7) is 0. The van der Waals surface area contributed by atoms with E-state index in [9.17, 15) is 8.42 Å². The van der Waals surface area contributed by atoms with Crippen molar-refractivity contribution >= 4 is 26.5 Å². The first-order valence-electron chi connectivity index (χ1n) is 4.26. The van der Waals surface area contributed by atoms with Crippen LogP contribution in [0, 0.1) is 0 Å². The van der Waals surface area contributed by atoms with Gasteiger partial charge in [0.1, 0.15) is 0 Å². The number of primary sulfonamides is 1. The van der Waals surface area contributed by atoms with Gasteiger partial charge in [-0.2, -0.15) is 0 Å². The van der Waals surface area contributed by atoms with Gasteiger partial charge in [-0.15, -0.1) is 0 Å². The van der Waals surface area contributed by atoms with Gasteiger partial charge in [-0.1, -0.05) is 24.3 Å². The quantitative estimate of drug-likeness (QED) is 0.789. The predicted octanol–water partition coefficient (Wildman–Crippen LogP) is 1.40. The van der Waals surface area contributed by atoms with Crippen molar-refractivity contribution in [3.05, 3.63) is 36.4 Å². The van der Waals surface area contributed by atoms with Crippen molar-refractivity contribution in [1.29, 1.82) is 0 Å². The van der Waals surface area contributed by atoms with Crippen LogP contribution in [0.15, 0.2) is 41.3 Å². The van der Waals surface area contributed by atoms with Gasteiger partial charge < -0.3 is 5.73 Å². The summed E-state index contributed by atoms with van der Waals surface area (Å²) < 4.78 is 22.5. The van der Waals surface area contributed by atoms with Crippen LogP contribution < -0.4 is 10.9 Å². The zero-order valence-corrected chi connectivity index (χ0v) is 8.58. The van der Waals surface area contributed by atoms with Crippen LogP contribution in [0.1, 0.15) is 0 Å². The Bertz CT molecular complexity index is 620. The van der Waals surface area contributed by atoms with Crippen molar-refractivity contribution in [2.45, 2.75) is 4.90 Å². The van der Waals surface area contributed by atoms with Gasteiger partial charge in [0.05, 0.1) is 10.6 Å². The lowest BCUT2D eigenvalue weighted by molar-refractivity contribution is 0.598. The Morgan fingerprint density at radius 3 is 2.20 bits per heavy atom. The molecular formula is C10H9N2O2S. The van der Waals surface area contributed by atoms with Gasteiger partial charge in [0.2, 0.25) is 10.0 Å². The Hall–Kier alpha value is -1.59. The minimum atomic E-state index is -3.73. The van der Waals surface area contributed by atoms with Crippen LogP contribution >= 0.6 is 0 Å². The molecule has 0 fully saturated rings.